The van der Waals surface area contributed by atoms with E-state index in [2.05, 4.69) is 10.2 Å². The summed E-state index contributed by atoms with van der Waals surface area (Å²) in [6.07, 6.45) is 2.09. The fraction of sp³-hybridized carbons (Fsp3) is 0.273. The highest BCUT2D eigenvalue weighted by Crippen LogP contribution is 2.30. The smallest absolute Gasteiger partial charge is 0.337 e. The van der Waals surface area contributed by atoms with E-state index in [1.54, 1.807) is 42.5 Å². The SMILES string of the molecule is COC(=O)c1ccc(N2CCCC2)c(NC(=O)CN2C(=O)c3ccccc3C2=O)c1. The van der Waals surface area contributed by atoms with Gasteiger partial charge in [-0.2, -0.15) is 0 Å². The molecule has 0 atom stereocenters. The van der Waals surface area contributed by atoms with E-state index < -0.39 is 30.2 Å². The minimum absolute atomic E-state index is 0.292. The fourth-order valence-corrected chi connectivity index (χ4v) is 3.83. The van der Waals surface area contributed by atoms with Crippen molar-refractivity contribution in [2.24, 2.45) is 0 Å². The number of fused-ring (bicyclic) bond motifs is 1. The number of benzene rings is 2. The predicted octanol–water partition coefficient (Wildman–Crippen LogP) is 2.31. The van der Waals surface area contributed by atoms with Crippen LogP contribution in [0.2, 0.25) is 0 Å². The van der Waals surface area contributed by atoms with Gasteiger partial charge >= 0.3 is 5.97 Å². The molecular weight excluding hydrogens is 386 g/mol. The molecule has 2 aliphatic heterocycles. The lowest BCUT2D eigenvalue weighted by atomic mass is 10.1. The highest BCUT2D eigenvalue weighted by atomic mass is 16.5. The highest BCUT2D eigenvalue weighted by Gasteiger charge is 2.36. The molecule has 1 fully saturated rings. The van der Waals surface area contributed by atoms with E-state index in [4.69, 9.17) is 4.74 Å². The number of esters is 1. The van der Waals surface area contributed by atoms with E-state index >= 15 is 0 Å². The molecule has 0 radical (unpaired) electrons. The van der Waals surface area contributed by atoms with Crippen LogP contribution in [0.4, 0.5) is 11.4 Å². The van der Waals surface area contributed by atoms with Crippen LogP contribution in [0.1, 0.15) is 43.9 Å². The molecule has 2 heterocycles. The second kappa shape index (κ2) is 7.98. The molecule has 8 heteroatoms. The van der Waals surface area contributed by atoms with E-state index in [0.717, 1.165) is 36.5 Å². The average Bonchev–Trinajstić information content (AvgIpc) is 3.37. The van der Waals surface area contributed by atoms with Crippen molar-refractivity contribution in [2.45, 2.75) is 12.8 Å². The Morgan fingerprint density at radius 3 is 2.23 bits per heavy atom. The maximum Gasteiger partial charge on any atom is 0.337 e. The van der Waals surface area contributed by atoms with Crippen molar-refractivity contribution >= 4 is 35.1 Å². The summed E-state index contributed by atoms with van der Waals surface area (Å²) < 4.78 is 4.77. The van der Waals surface area contributed by atoms with E-state index in [9.17, 15) is 19.2 Å². The second-order valence-electron chi connectivity index (χ2n) is 7.21. The third-order valence-corrected chi connectivity index (χ3v) is 5.32. The van der Waals surface area contributed by atoms with Crippen LogP contribution in [0.25, 0.3) is 0 Å². The normalized spacial score (nSPS) is 15.4. The van der Waals surface area contributed by atoms with Gasteiger partial charge in [-0.1, -0.05) is 12.1 Å². The number of imide groups is 1. The van der Waals surface area contributed by atoms with Gasteiger partial charge in [-0.25, -0.2) is 4.79 Å². The summed E-state index contributed by atoms with van der Waals surface area (Å²) in [5.74, 6) is -2.02. The number of carbonyl (C=O) groups is 4. The van der Waals surface area contributed by atoms with Gasteiger partial charge in [-0.05, 0) is 43.2 Å². The topological polar surface area (TPSA) is 96.0 Å². The van der Waals surface area contributed by atoms with Gasteiger partial charge < -0.3 is 15.0 Å². The summed E-state index contributed by atoms with van der Waals surface area (Å²) >= 11 is 0. The highest BCUT2D eigenvalue weighted by molar-refractivity contribution is 6.22. The Kier molecular flexibility index (Phi) is 5.22. The maximum absolute atomic E-state index is 12.7. The van der Waals surface area contributed by atoms with Gasteiger partial charge in [0.15, 0.2) is 0 Å². The third-order valence-electron chi connectivity index (χ3n) is 5.32. The lowest BCUT2D eigenvalue weighted by Gasteiger charge is -2.23. The van der Waals surface area contributed by atoms with E-state index in [-0.39, 0.29) is 0 Å². The van der Waals surface area contributed by atoms with Crippen LogP contribution < -0.4 is 10.2 Å². The lowest BCUT2D eigenvalue weighted by Crippen LogP contribution is -2.37. The first-order valence-electron chi connectivity index (χ1n) is 9.72. The molecule has 1 saturated heterocycles. The standard InChI is InChI=1S/C22H21N3O5/c1-30-22(29)14-8-9-18(24-10-4-5-11-24)17(12-14)23-19(26)13-25-20(27)15-6-2-3-7-16(15)21(25)28/h2-3,6-9,12H,4-5,10-11,13H2,1H3,(H,23,26). The quantitative estimate of drug-likeness (QED) is 0.604. The summed E-state index contributed by atoms with van der Waals surface area (Å²) in [7, 11) is 1.29. The number of nitrogens with zero attached hydrogens (tertiary/aromatic N) is 2. The molecule has 0 aromatic heterocycles. The lowest BCUT2D eigenvalue weighted by molar-refractivity contribution is -0.116. The molecule has 2 aromatic rings. The molecule has 154 valence electrons. The van der Waals surface area contributed by atoms with Crippen LogP contribution in [0.3, 0.4) is 0 Å². The van der Waals surface area contributed by atoms with Gasteiger partial charge in [-0.3, -0.25) is 19.3 Å². The summed E-state index contributed by atoms with van der Waals surface area (Å²) in [6, 6.07) is 11.5. The fourth-order valence-electron chi connectivity index (χ4n) is 3.83. The average molecular weight is 407 g/mol. The third kappa shape index (κ3) is 3.52. The van der Waals surface area contributed by atoms with Crippen LogP contribution in [0, 0.1) is 0 Å². The van der Waals surface area contributed by atoms with E-state index in [1.165, 1.54) is 7.11 Å². The van der Waals surface area contributed by atoms with Crippen molar-refractivity contribution in [2.75, 3.05) is 37.0 Å². The Hall–Kier alpha value is -3.68. The van der Waals surface area contributed by atoms with Crippen molar-refractivity contribution in [3.05, 3.63) is 59.2 Å². The first kappa shape index (κ1) is 19.6. The van der Waals surface area contributed by atoms with Crippen LogP contribution in [-0.4, -0.2) is 55.3 Å². The first-order valence-corrected chi connectivity index (χ1v) is 9.72. The van der Waals surface area contributed by atoms with Crippen molar-refractivity contribution in [1.82, 2.24) is 4.90 Å². The van der Waals surface area contributed by atoms with Gasteiger partial charge in [0.1, 0.15) is 6.54 Å². The zero-order valence-electron chi connectivity index (χ0n) is 16.5. The maximum atomic E-state index is 12.7. The molecule has 0 unspecified atom stereocenters. The van der Waals surface area contributed by atoms with Crippen molar-refractivity contribution in [3.8, 4) is 0 Å². The second-order valence-corrected chi connectivity index (χ2v) is 7.21. The molecular formula is C22H21N3O5. The zero-order valence-corrected chi connectivity index (χ0v) is 16.5. The molecule has 0 saturated carbocycles. The Morgan fingerprint density at radius 1 is 1.00 bits per heavy atom. The molecule has 30 heavy (non-hydrogen) atoms. The Bertz CT molecular complexity index is 1010. The molecule has 2 aliphatic rings. The molecule has 0 bridgehead atoms. The Labute approximate surface area is 173 Å². The predicted molar refractivity (Wildman–Crippen MR) is 110 cm³/mol. The number of ether oxygens (including phenoxy) is 1. The Morgan fingerprint density at radius 2 is 1.63 bits per heavy atom. The van der Waals surface area contributed by atoms with Gasteiger partial charge in [0.25, 0.3) is 11.8 Å². The number of amides is 3. The number of rotatable bonds is 5. The molecule has 4 rings (SSSR count). The summed E-state index contributed by atoms with van der Waals surface area (Å²) in [5, 5.41) is 2.77. The number of nitrogens with one attached hydrogen (secondary N) is 1. The first-order chi connectivity index (χ1) is 14.5. The van der Waals surface area contributed by atoms with E-state index in [1.807, 2.05) is 0 Å². The number of hydrogen-bond acceptors (Lipinski definition) is 6. The van der Waals surface area contributed by atoms with Crippen molar-refractivity contribution < 1.29 is 23.9 Å². The van der Waals surface area contributed by atoms with Crippen molar-refractivity contribution in [3.63, 3.8) is 0 Å². The van der Waals surface area contributed by atoms with Crippen LogP contribution in [0.15, 0.2) is 42.5 Å². The minimum Gasteiger partial charge on any atom is -0.465 e. The van der Waals surface area contributed by atoms with Gasteiger partial charge in [0, 0.05) is 13.1 Å². The molecule has 8 nitrogen and oxygen atoms in total. The number of hydrogen-bond donors (Lipinski definition) is 1. The van der Waals surface area contributed by atoms with Crippen LogP contribution >= 0.6 is 0 Å². The molecule has 0 aliphatic carbocycles. The van der Waals surface area contributed by atoms with E-state index in [0.29, 0.717) is 22.4 Å². The van der Waals surface area contributed by atoms with Crippen LogP contribution in [-0.2, 0) is 9.53 Å². The zero-order chi connectivity index (χ0) is 21.3. The summed E-state index contributed by atoms with van der Waals surface area (Å²) in [6.45, 7) is 1.28. The van der Waals surface area contributed by atoms with Crippen LogP contribution in [0.5, 0.6) is 0 Å². The molecule has 3 amide bonds. The number of carbonyl (C=O) groups excluding carboxylic acids is 4. The summed E-state index contributed by atoms with van der Waals surface area (Å²) in [4.78, 5) is 52.7. The monoisotopic (exact) mass is 407 g/mol. The van der Waals surface area contributed by atoms with Gasteiger partial charge in [-0.15, -0.1) is 0 Å². The van der Waals surface area contributed by atoms with Gasteiger partial charge in [0.2, 0.25) is 5.91 Å². The summed E-state index contributed by atoms with van der Waals surface area (Å²) in [5.41, 5.74) is 2.12. The minimum atomic E-state index is -0.521. The molecule has 2 aromatic carbocycles. The number of anilines is 2. The largest absolute Gasteiger partial charge is 0.465 e. The Balaban J connectivity index is 1.56. The van der Waals surface area contributed by atoms with Gasteiger partial charge in [0.05, 0.1) is 35.2 Å². The molecule has 0 spiro atoms. The van der Waals surface area contributed by atoms with Crippen molar-refractivity contribution in [1.29, 1.82) is 0 Å². The molecule has 1 N–H and O–H groups in total. The number of methoxy groups -OCH3 is 1.